The molecule has 0 spiro atoms. The maximum Gasteiger partial charge on any atom is 0.326 e. The Morgan fingerprint density at radius 2 is 1.85 bits per heavy atom. The van der Waals surface area contributed by atoms with E-state index in [1.165, 1.54) is 12.5 Å². The van der Waals surface area contributed by atoms with Gasteiger partial charge >= 0.3 is 11.9 Å². The van der Waals surface area contributed by atoms with Crippen molar-refractivity contribution in [3.8, 4) is 0 Å². The molecule has 1 aliphatic rings. The molecule has 1 aromatic heterocycles. The molecular formula is C21H32N6O7. The van der Waals surface area contributed by atoms with Gasteiger partial charge in [0.05, 0.1) is 18.8 Å². The summed E-state index contributed by atoms with van der Waals surface area (Å²) in [5, 5.41) is 28.7. The Morgan fingerprint density at radius 3 is 2.38 bits per heavy atom. The molecule has 188 valence electrons. The van der Waals surface area contributed by atoms with Crippen LogP contribution >= 0.6 is 0 Å². The predicted molar refractivity (Wildman–Crippen MR) is 118 cm³/mol. The van der Waals surface area contributed by atoms with Crippen LogP contribution in [0.3, 0.4) is 0 Å². The molecular weight excluding hydrogens is 448 g/mol. The standard InChI is InChI=1S/C21H32N6O7/c1-3-11(2)17(20(32)26-15(21(33)34)8-16(28)29)27-19(31)14(7-12-9-22-10-24-12)25-18(30)13-5-4-6-23-13/h9-11,13-15,17,23H,3-8H2,1-2H3,(H,22,24)(H,25,30)(H,26,32)(H,27,31)(H,28,29)(H,33,34). The van der Waals surface area contributed by atoms with Crippen molar-refractivity contribution in [3.63, 3.8) is 0 Å². The Kier molecular flexibility index (Phi) is 9.98. The fraction of sp³-hybridized carbons (Fsp3) is 0.619. The van der Waals surface area contributed by atoms with Gasteiger partial charge in [-0.15, -0.1) is 0 Å². The molecule has 7 N–H and O–H groups in total. The van der Waals surface area contributed by atoms with Gasteiger partial charge in [-0.05, 0) is 25.3 Å². The summed E-state index contributed by atoms with van der Waals surface area (Å²) in [5.41, 5.74) is 0.594. The van der Waals surface area contributed by atoms with Gasteiger partial charge in [0.15, 0.2) is 0 Å². The highest BCUT2D eigenvalue weighted by Gasteiger charge is 2.34. The highest BCUT2D eigenvalue weighted by Crippen LogP contribution is 2.11. The number of H-pyrrole nitrogens is 1. The number of nitrogens with one attached hydrogen (secondary N) is 5. The van der Waals surface area contributed by atoms with Gasteiger partial charge in [-0.3, -0.25) is 19.2 Å². The number of carbonyl (C=O) groups is 5. The molecule has 1 saturated heterocycles. The molecule has 1 fully saturated rings. The number of hydrogen-bond donors (Lipinski definition) is 7. The van der Waals surface area contributed by atoms with Crippen LogP contribution < -0.4 is 21.3 Å². The molecule has 0 aromatic carbocycles. The van der Waals surface area contributed by atoms with Gasteiger partial charge in [0.1, 0.15) is 18.1 Å². The summed E-state index contributed by atoms with van der Waals surface area (Å²) in [7, 11) is 0. The first-order chi connectivity index (χ1) is 16.1. The van der Waals surface area contributed by atoms with Crippen molar-refractivity contribution in [1.29, 1.82) is 0 Å². The van der Waals surface area contributed by atoms with Crippen LogP contribution in [-0.2, 0) is 30.4 Å². The third-order valence-electron chi connectivity index (χ3n) is 5.78. The molecule has 2 heterocycles. The first kappa shape index (κ1) is 26.8. The van der Waals surface area contributed by atoms with E-state index in [4.69, 9.17) is 5.11 Å². The van der Waals surface area contributed by atoms with Crippen LogP contribution in [0.2, 0.25) is 0 Å². The second-order valence-corrected chi connectivity index (χ2v) is 8.36. The van der Waals surface area contributed by atoms with Gasteiger partial charge in [0.25, 0.3) is 0 Å². The van der Waals surface area contributed by atoms with Gasteiger partial charge in [0, 0.05) is 18.3 Å². The number of nitrogens with zero attached hydrogens (tertiary/aromatic N) is 1. The monoisotopic (exact) mass is 480 g/mol. The van der Waals surface area contributed by atoms with Crippen LogP contribution in [0.5, 0.6) is 0 Å². The summed E-state index contributed by atoms with van der Waals surface area (Å²) < 4.78 is 0. The van der Waals surface area contributed by atoms with E-state index in [0.29, 0.717) is 25.1 Å². The number of carbonyl (C=O) groups excluding carboxylic acids is 3. The minimum Gasteiger partial charge on any atom is -0.481 e. The molecule has 1 aromatic rings. The molecule has 34 heavy (non-hydrogen) atoms. The molecule has 5 unspecified atom stereocenters. The largest absolute Gasteiger partial charge is 0.481 e. The SMILES string of the molecule is CCC(C)C(NC(=O)C(Cc1cnc[nH]1)NC(=O)C1CCCN1)C(=O)NC(CC(=O)O)C(=O)O. The maximum absolute atomic E-state index is 13.2. The lowest BCUT2D eigenvalue weighted by atomic mass is 9.97. The third kappa shape index (κ3) is 7.83. The molecule has 0 saturated carbocycles. The molecule has 13 heteroatoms. The second kappa shape index (κ2) is 12.7. The van der Waals surface area contributed by atoms with E-state index in [2.05, 4.69) is 31.2 Å². The Hall–Kier alpha value is -3.48. The van der Waals surface area contributed by atoms with Crippen molar-refractivity contribution >= 4 is 29.7 Å². The van der Waals surface area contributed by atoms with E-state index in [1.54, 1.807) is 13.8 Å². The minimum absolute atomic E-state index is 0.0932. The number of aromatic nitrogens is 2. The predicted octanol–water partition coefficient (Wildman–Crippen LogP) is -1.24. The summed E-state index contributed by atoms with van der Waals surface area (Å²) in [4.78, 5) is 67.8. The first-order valence-corrected chi connectivity index (χ1v) is 11.2. The van der Waals surface area contributed by atoms with E-state index >= 15 is 0 Å². The van der Waals surface area contributed by atoms with Gasteiger partial charge in [0.2, 0.25) is 17.7 Å². The lowest BCUT2D eigenvalue weighted by molar-refractivity contribution is -0.147. The number of imidazole rings is 1. The topological polar surface area (TPSA) is 203 Å². The summed E-state index contributed by atoms with van der Waals surface area (Å²) in [6.45, 7) is 4.19. The number of hydrogen-bond acceptors (Lipinski definition) is 7. The average molecular weight is 481 g/mol. The number of rotatable bonds is 13. The van der Waals surface area contributed by atoms with Crippen LogP contribution in [0.4, 0.5) is 0 Å². The Bertz CT molecular complexity index is 869. The van der Waals surface area contributed by atoms with Crippen molar-refractivity contribution in [1.82, 2.24) is 31.2 Å². The van der Waals surface area contributed by atoms with E-state index in [0.717, 1.165) is 6.42 Å². The van der Waals surface area contributed by atoms with Crippen molar-refractivity contribution in [2.24, 2.45) is 5.92 Å². The summed E-state index contributed by atoms with van der Waals surface area (Å²) >= 11 is 0. The smallest absolute Gasteiger partial charge is 0.326 e. The second-order valence-electron chi connectivity index (χ2n) is 8.36. The molecule has 13 nitrogen and oxygen atoms in total. The number of amides is 3. The Morgan fingerprint density at radius 1 is 1.12 bits per heavy atom. The number of carboxylic acids is 2. The molecule has 0 radical (unpaired) electrons. The van der Waals surface area contributed by atoms with Gasteiger partial charge in [-0.2, -0.15) is 0 Å². The molecule has 0 bridgehead atoms. The van der Waals surface area contributed by atoms with Gasteiger partial charge < -0.3 is 36.5 Å². The van der Waals surface area contributed by atoms with Crippen molar-refractivity contribution in [3.05, 3.63) is 18.2 Å². The summed E-state index contributed by atoms with van der Waals surface area (Å²) in [6.07, 6.45) is 4.19. The molecule has 5 atom stereocenters. The van der Waals surface area contributed by atoms with Gasteiger partial charge in [-0.25, -0.2) is 9.78 Å². The summed E-state index contributed by atoms with van der Waals surface area (Å²) in [6, 6.07) is -4.23. The normalized spacial score (nSPS) is 18.8. The van der Waals surface area contributed by atoms with Crippen molar-refractivity contribution < 1.29 is 34.2 Å². The zero-order chi connectivity index (χ0) is 25.3. The van der Waals surface area contributed by atoms with Crippen LogP contribution in [0.15, 0.2) is 12.5 Å². The molecule has 2 rings (SSSR count). The first-order valence-electron chi connectivity index (χ1n) is 11.2. The fourth-order valence-electron chi connectivity index (χ4n) is 3.60. The Balaban J connectivity index is 2.17. The van der Waals surface area contributed by atoms with Crippen LogP contribution in [-0.4, -0.2) is 80.6 Å². The summed E-state index contributed by atoms with van der Waals surface area (Å²) in [5.74, 6) is -5.08. The molecule has 1 aliphatic heterocycles. The van der Waals surface area contributed by atoms with E-state index in [1.807, 2.05) is 0 Å². The zero-order valence-electron chi connectivity index (χ0n) is 19.2. The van der Waals surface area contributed by atoms with Crippen molar-refractivity contribution in [2.45, 2.75) is 70.1 Å². The number of carboxylic acid groups (broad SMARTS) is 2. The zero-order valence-corrected chi connectivity index (χ0v) is 19.2. The highest BCUT2D eigenvalue weighted by molar-refractivity contribution is 5.95. The number of aliphatic carboxylic acids is 2. The van der Waals surface area contributed by atoms with E-state index < -0.39 is 60.3 Å². The number of aromatic amines is 1. The third-order valence-corrected chi connectivity index (χ3v) is 5.78. The van der Waals surface area contributed by atoms with Crippen LogP contribution in [0.1, 0.15) is 45.2 Å². The van der Waals surface area contributed by atoms with E-state index in [9.17, 15) is 29.1 Å². The Labute approximate surface area is 196 Å². The van der Waals surface area contributed by atoms with Crippen LogP contribution in [0.25, 0.3) is 0 Å². The fourth-order valence-corrected chi connectivity index (χ4v) is 3.60. The minimum atomic E-state index is -1.65. The van der Waals surface area contributed by atoms with E-state index in [-0.39, 0.29) is 12.3 Å². The van der Waals surface area contributed by atoms with Gasteiger partial charge in [-0.1, -0.05) is 20.3 Å². The highest BCUT2D eigenvalue weighted by atomic mass is 16.4. The lowest BCUT2D eigenvalue weighted by Crippen LogP contribution is -2.59. The van der Waals surface area contributed by atoms with Crippen molar-refractivity contribution in [2.75, 3.05) is 6.54 Å². The quantitative estimate of drug-likeness (QED) is 0.180. The average Bonchev–Trinajstić information content (AvgIpc) is 3.49. The van der Waals surface area contributed by atoms with Crippen LogP contribution in [0, 0.1) is 5.92 Å². The molecule has 0 aliphatic carbocycles. The molecule has 3 amide bonds. The lowest BCUT2D eigenvalue weighted by Gasteiger charge is -2.28. The maximum atomic E-state index is 13.2.